The molecule has 0 saturated heterocycles. The van der Waals surface area contributed by atoms with Gasteiger partial charge < -0.3 is 37.6 Å². The number of nitriles is 4. The van der Waals surface area contributed by atoms with Crippen LogP contribution in [0.5, 0.6) is 46.0 Å². The minimum atomic E-state index is -0.297. The van der Waals surface area contributed by atoms with Gasteiger partial charge in [-0.25, -0.2) is 17.6 Å². The normalized spacial score (nSPS) is 10.2. The molecule has 16 rings (SSSR count). The number of hydrogen-bond acceptors (Lipinski definition) is 10. The standard InChI is InChI=1S/C24H17FN2O.C21H12BrFN2O.C21H13FN2O.C12H8FIO.C9H6N2.BHNS/c1-2-4-18-16-27(23-6-3-5-17(15-26)24(18)23)20-9-13-22(14-10-20)28-21-11-7-19(25)8-12-21;22-19-13-25(20-3-1-2-14(12-24)21(19)20)16-6-10-18(11-7-16)26-17-8-4-15(23)5-9-17;22-16-4-8-18(9-5-16)25-19-10-6-17(7-11-19)24-13-12-20-15(14-23)2-1-3-21(20)24;13-9-1-5-11(6-2-9)15-12-7-3-10(14)4-8-12;10-6-7-2-1-3-9-8(7)4-5-11-9;1-2-3/h2-3,5-14,16H,1,4H2;1-11,13H;1-13H;1-8H;1-5,11H;3H. The number of aromatic nitrogens is 4. The van der Waals surface area contributed by atoms with Crippen LogP contribution in [-0.2, 0) is 6.42 Å². The molecule has 0 saturated carbocycles. The molecule has 0 aliphatic heterocycles. The van der Waals surface area contributed by atoms with Crippen molar-refractivity contribution < 1.29 is 36.5 Å². The van der Waals surface area contributed by atoms with Crippen molar-refractivity contribution >= 4 is 103 Å². The Morgan fingerprint density at radius 3 is 1.17 bits per heavy atom. The molecule has 0 atom stereocenters. The molecule has 0 fully saturated rings. The monoisotopic (exact) mass is 1620 g/mol. The maximum atomic E-state index is 13.0. The zero-order chi connectivity index (χ0) is 75.9. The first-order valence-corrected chi connectivity index (χ1v) is 35.1. The molecule has 0 aliphatic rings. The first-order chi connectivity index (χ1) is 52.7. The Kier molecular flexibility index (Phi) is 26.0. The van der Waals surface area contributed by atoms with E-state index in [1.165, 1.54) is 48.5 Å². The molecule has 0 spiro atoms. The van der Waals surface area contributed by atoms with Gasteiger partial charge in [0, 0.05) is 77.0 Å². The molecular formula is C87H57BBrF4IN9O4S. The molecule has 1 radical (unpaired) electrons. The van der Waals surface area contributed by atoms with E-state index in [9.17, 15) is 33.3 Å². The van der Waals surface area contributed by atoms with Crippen molar-refractivity contribution in [1.82, 2.24) is 18.7 Å². The molecule has 4 heterocycles. The van der Waals surface area contributed by atoms with Crippen molar-refractivity contribution in [2.45, 2.75) is 6.42 Å². The molecule has 0 bridgehead atoms. The third-order valence-corrected chi connectivity index (χ3v) is 17.5. The number of nitrogens with one attached hydrogen (secondary N) is 1. The van der Waals surface area contributed by atoms with Crippen LogP contribution in [0.2, 0.25) is 0 Å². The average molecular weight is 1620 g/mol. The summed E-state index contributed by atoms with van der Waals surface area (Å²) >= 11 is 8.96. The Hall–Kier alpha value is -13.2. The zero-order valence-corrected chi connectivity index (χ0v) is 61.5. The third kappa shape index (κ3) is 19.4. The molecule has 1 N–H and O–H groups in total. The number of thiol groups is 1. The number of benzene rings is 12. The second kappa shape index (κ2) is 37.0. The van der Waals surface area contributed by atoms with Crippen LogP contribution in [0.4, 0.5) is 17.6 Å². The van der Waals surface area contributed by atoms with Gasteiger partial charge in [0.05, 0.1) is 63.1 Å². The second-order valence-corrected chi connectivity index (χ2v) is 25.5. The molecule has 16 aromatic rings. The Labute approximate surface area is 647 Å². The minimum absolute atomic E-state index is 0.259. The average Bonchev–Trinajstić information content (AvgIpc) is 1.63. The molecule has 12 aromatic carbocycles. The Balaban J connectivity index is 0.000000137. The summed E-state index contributed by atoms with van der Waals surface area (Å²) in [6.07, 6.45) is 10.3. The number of fused-ring (bicyclic) bond motifs is 4. The van der Waals surface area contributed by atoms with Gasteiger partial charge in [0.2, 0.25) is 0 Å². The zero-order valence-electron chi connectivity index (χ0n) is 56.9. The van der Waals surface area contributed by atoms with E-state index in [0.717, 1.165) is 85.6 Å². The number of aromatic amines is 1. The van der Waals surface area contributed by atoms with Crippen LogP contribution < -0.4 is 18.9 Å². The van der Waals surface area contributed by atoms with Gasteiger partial charge in [0.15, 0.2) is 0 Å². The summed E-state index contributed by atoms with van der Waals surface area (Å²) in [5, 5.41) is 40.5. The van der Waals surface area contributed by atoms with Crippen molar-refractivity contribution in [3.8, 4) is 87.3 Å². The second-order valence-electron chi connectivity index (χ2n) is 23.2. The van der Waals surface area contributed by atoms with E-state index in [-0.39, 0.29) is 23.3 Å². The van der Waals surface area contributed by atoms with E-state index in [1.807, 2.05) is 216 Å². The number of rotatable bonds is 13. The number of allylic oxidation sites excluding steroid dienone is 1. The van der Waals surface area contributed by atoms with Gasteiger partial charge in [-0.3, -0.25) is 0 Å². The number of hydrogen-bond donors (Lipinski definition) is 2. The number of halogens is 6. The van der Waals surface area contributed by atoms with Crippen LogP contribution in [0.3, 0.4) is 0 Å². The molecule has 525 valence electrons. The molecule has 0 aliphatic carbocycles. The van der Waals surface area contributed by atoms with Crippen molar-refractivity contribution in [2.75, 3.05) is 0 Å². The van der Waals surface area contributed by atoms with Crippen LogP contribution >= 0.6 is 51.3 Å². The van der Waals surface area contributed by atoms with Gasteiger partial charge in [-0.1, -0.05) is 30.3 Å². The van der Waals surface area contributed by atoms with Gasteiger partial charge >= 0.3 is 24.8 Å². The van der Waals surface area contributed by atoms with E-state index in [2.05, 4.69) is 104 Å². The van der Waals surface area contributed by atoms with Crippen molar-refractivity contribution in [3.05, 3.63) is 376 Å². The maximum absolute atomic E-state index is 13.0. The molecule has 21 heteroatoms. The summed E-state index contributed by atoms with van der Waals surface area (Å²) in [6.45, 7) is 3.83. The van der Waals surface area contributed by atoms with E-state index in [4.69, 9.17) is 24.2 Å². The number of nitrogens with zero attached hydrogens (tertiary/aromatic N) is 8. The topological polar surface area (TPSA) is 175 Å². The van der Waals surface area contributed by atoms with Crippen LogP contribution in [-0.4, -0.2) is 26.3 Å². The van der Waals surface area contributed by atoms with Crippen LogP contribution in [0.25, 0.3) is 60.7 Å². The molecule has 13 nitrogen and oxygen atoms in total. The summed E-state index contributed by atoms with van der Waals surface area (Å²) < 4.78 is 85.1. The number of H-pyrrole nitrogens is 1. The SMILES string of the molecule is C=CCc1cn(-c2ccc(Oc3ccc(F)cc3)cc2)c2cccc(C#N)c12.Fc1ccc(Oc2ccc(I)cc2)cc1.N#Cc1cccc2[nH]ccc12.N#Cc1cccc2c1c(Br)cn2-c1ccc(Oc2ccc(F)cc2)cc1.N#Cc1cccc2c1ccn2-c1ccc(Oc2ccc(F)cc2)cc1.[B]=NS. The van der Waals surface area contributed by atoms with Crippen LogP contribution in [0.15, 0.2) is 325 Å². The molecule has 0 unspecified atom stereocenters. The number of ether oxygens (including phenoxy) is 4. The Morgan fingerprint density at radius 2 is 0.759 bits per heavy atom. The van der Waals surface area contributed by atoms with Crippen molar-refractivity contribution in [2.24, 2.45) is 4.30 Å². The Morgan fingerprint density at radius 1 is 0.426 bits per heavy atom. The van der Waals surface area contributed by atoms with E-state index in [1.54, 1.807) is 54.6 Å². The van der Waals surface area contributed by atoms with Gasteiger partial charge in [-0.05, 0) is 305 Å². The molecular weight excluding hydrogens is 1560 g/mol. The summed E-state index contributed by atoms with van der Waals surface area (Å²) in [5.74, 6) is 3.97. The summed E-state index contributed by atoms with van der Waals surface area (Å²) in [5.41, 5.74) is 10.5. The van der Waals surface area contributed by atoms with E-state index in [0.29, 0.717) is 63.4 Å². The summed E-state index contributed by atoms with van der Waals surface area (Å²) in [7, 11) is 4.34. The Bertz CT molecular complexity index is 5910. The van der Waals surface area contributed by atoms with Crippen LogP contribution in [0, 0.1) is 72.2 Å². The fourth-order valence-corrected chi connectivity index (χ4v) is 12.3. The van der Waals surface area contributed by atoms with Gasteiger partial charge in [-0.15, -0.1) is 6.58 Å². The van der Waals surface area contributed by atoms with Crippen LogP contribution in [0.1, 0.15) is 27.8 Å². The van der Waals surface area contributed by atoms with Gasteiger partial charge in [-0.2, -0.15) is 21.0 Å². The third-order valence-electron chi connectivity index (χ3n) is 16.2. The fourth-order valence-electron chi connectivity index (χ4n) is 11.3. The van der Waals surface area contributed by atoms with Gasteiger partial charge in [0.25, 0.3) is 0 Å². The molecule has 108 heavy (non-hydrogen) atoms. The van der Waals surface area contributed by atoms with E-state index < -0.39 is 0 Å². The van der Waals surface area contributed by atoms with Crippen molar-refractivity contribution in [3.63, 3.8) is 0 Å². The molecule has 4 aromatic heterocycles. The molecule has 0 amide bonds. The summed E-state index contributed by atoms with van der Waals surface area (Å²) in [6, 6.07) is 89.6. The van der Waals surface area contributed by atoms with E-state index >= 15 is 0 Å². The fraction of sp³-hybridized carbons (Fsp3) is 0.0115. The first-order valence-electron chi connectivity index (χ1n) is 32.8. The quantitative estimate of drug-likeness (QED) is 0.0377. The predicted molar refractivity (Wildman–Crippen MR) is 431 cm³/mol. The van der Waals surface area contributed by atoms with Crippen molar-refractivity contribution in [1.29, 1.82) is 21.0 Å². The summed E-state index contributed by atoms with van der Waals surface area (Å²) in [4.78, 5) is 3.04. The first kappa shape index (κ1) is 76.0. The van der Waals surface area contributed by atoms with Gasteiger partial charge in [0.1, 0.15) is 69.3 Å². The predicted octanol–water partition coefficient (Wildman–Crippen LogP) is 24.2.